The van der Waals surface area contributed by atoms with E-state index in [-0.39, 0.29) is 11.9 Å². The molecule has 1 aliphatic carbocycles. The number of carbonyl (C=O) groups is 1. The van der Waals surface area contributed by atoms with Crippen LogP contribution in [0.3, 0.4) is 0 Å². The van der Waals surface area contributed by atoms with Crippen LogP contribution in [-0.2, 0) is 4.79 Å². The standard InChI is InChI=1S/C17H21N3O2/c18-15-7-2-1-4-12(15)9-17(21)20-14-6-3-5-13(8-14)16-10-19-11-22-16/h3,5-6,8,10-12,15H,1-2,4,7,9,18H2,(H,20,21). The summed E-state index contributed by atoms with van der Waals surface area (Å²) in [5, 5.41) is 2.96. The quantitative estimate of drug-likeness (QED) is 0.908. The van der Waals surface area contributed by atoms with E-state index in [2.05, 4.69) is 10.3 Å². The van der Waals surface area contributed by atoms with Crippen LogP contribution in [0.2, 0.25) is 0 Å². The molecule has 22 heavy (non-hydrogen) atoms. The largest absolute Gasteiger partial charge is 0.444 e. The van der Waals surface area contributed by atoms with Gasteiger partial charge in [-0.1, -0.05) is 25.0 Å². The highest BCUT2D eigenvalue weighted by Gasteiger charge is 2.24. The maximum atomic E-state index is 12.2. The third kappa shape index (κ3) is 3.54. The zero-order chi connectivity index (χ0) is 15.4. The van der Waals surface area contributed by atoms with E-state index in [4.69, 9.17) is 10.2 Å². The summed E-state index contributed by atoms with van der Waals surface area (Å²) in [5.41, 5.74) is 7.77. The van der Waals surface area contributed by atoms with E-state index >= 15 is 0 Å². The second-order valence-electron chi connectivity index (χ2n) is 5.91. The molecule has 0 spiro atoms. The van der Waals surface area contributed by atoms with Crippen LogP contribution in [0.5, 0.6) is 0 Å². The van der Waals surface area contributed by atoms with Gasteiger partial charge in [-0.2, -0.15) is 0 Å². The lowest BCUT2D eigenvalue weighted by Gasteiger charge is -2.27. The zero-order valence-electron chi connectivity index (χ0n) is 12.5. The molecule has 1 aromatic heterocycles. The van der Waals surface area contributed by atoms with Crippen LogP contribution in [-0.4, -0.2) is 16.9 Å². The van der Waals surface area contributed by atoms with Crippen LogP contribution >= 0.6 is 0 Å². The van der Waals surface area contributed by atoms with Crippen LogP contribution in [0.25, 0.3) is 11.3 Å². The Morgan fingerprint density at radius 3 is 3.00 bits per heavy atom. The molecular weight excluding hydrogens is 278 g/mol. The Balaban J connectivity index is 1.63. The number of benzene rings is 1. The molecule has 0 bridgehead atoms. The van der Waals surface area contributed by atoms with Crippen LogP contribution in [0.15, 0.2) is 41.3 Å². The molecule has 1 aliphatic rings. The fourth-order valence-electron chi connectivity index (χ4n) is 3.05. The molecule has 1 amide bonds. The summed E-state index contributed by atoms with van der Waals surface area (Å²) in [6, 6.07) is 7.73. The number of carbonyl (C=O) groups excluding carboxylic acids is 1. The molecule has 1 aromatic carbocycles. The highest BCUT2D eigenvalue weighted by Crippen LogP contribution is 2.27. The zero-order valence-corrected chi connectivity index (χ0v) is 12.5. The molecule has 2 unspecified atom stereocenters. The van der Waals surface area contributed by atoms with Gasteiger partial charge in [0.2, 0.25) is 5.91 Å². The van der Waals surface area contributed by atoms with Gasteiger partial charge in [0, 0.05) is 23.7 Å². The summed E-state index contributed by atoms with van der Waals surface area (Å²) in [4.78, 5) is 16.1. The molecular formula is C17H21N3O2. The molecule has 0 aliphatic heterocycles. The van der Waals surface area contributed by atoms with Crippen LogP contribution in [0.4, 0.5) is 5.69 Å². The van der Waals surface area contributed by atoms with Crippen LogP contribution < -0.4 is 11.1 Å². The lowest BCUT2D eigenvalue weighted by atomic mass is 9.83. The van der Waals surface area contributed by atoms with Gasteiger partial charge in [0.1, 0.15) is 0 Å². The van der Waals surface area contributed by atoms with Crippen molar-refractivity contribution >= 4 is 11.6 Å². The molecule has 5 nitrogen and oxygen atoms in total. The SMILES string of the molecule is NC1CCCCC1CC(=O)Nc1cccc(-c2cnco2)c1. The fourth-order valence-corrected chi connectivity index (χ4v) is 3.05. The van der Waals surface area contributed by atoms with Crippen molar-refractivity contribution in [1.82, 2.24) is 4.98 Å². The number of hydrogen-bond acceptors (Lipinski definition) is 4. The first kappa shape index (κ1) is 14.8. The van der Waals surface area contributed by atoms with Gasteiger partial charge in [-0.25, -0.2) is 4.98 Å². The molecule has 2 aromatic rings. The predicted octanol–water partition coefficient (Wildman–Crippen LogP) is 3.19. The molecule has 5 heteroatoms. The number of anilines is 1. The Labute approximate surface area is 129 Å². The summed E-state index contributed by atoms with van der Waals surface area (Å²) in [6.45, 7) is 0. The van der Waals surface area contributed by atoms with E-state index in [1.165, 1.54) is 19.2 Å². The Morgan fingerprint density at radius 2 is 2.23 bits per heavy atom. The number of nitrogens with one attached hydrogen (secondary N) is 1. The van der Waals surface area contributed by atoms with Gasteiger partial charge in [-0.15, -0.1) is 0 Å². The van der Waals surface area contributed by atoms with E-state index in [0.29, 0.717) is 18.1 Å². The van der Waals surface area contributed by atoms with Gasteiger partial charge < -0.3 is 15.5 Å². The summed E-state index contributed by atoms with van der Waals surface area (Å²) < 4.78 is 5.27. The third-order valence-corrected chi connectivity index (χ3v) is 4.28. The first-order chi connectivity index (χ1) is 10.7. The Hall–Kier alpha value is -2.14. The molecule has 1 fully saturated rings. The Kier molecular flexibility index (Phi) is 4.53. The average molecular weight is 299 g/mol. The maximum Gasteiger partial charge on any atom is 0.224 e. The van der Waals surface area contributed by atoms with Crippen molar-refractivity contribution in [2.75, 3.05) is 5.32 Å². The fraction of sp³-hybridized carbons (Fsp3) is 0.412. The second-order valence-corrected chi connectivity index (χ2v) is 5.91. The average Bonchev–Trinajstić information content (AvgIpc) is 3.04. The van der Waals surface area contributed by atoms with Crippen LogP contribution in [0, 0.1) is 5.92 Å². The van der Waals surface area contributed by atoms with Crippen molar-refractivity contribution < 1.29 is 9.21 Å². The minimum absolute atomic E-state index is 0.0251. The lowest BCUT2D eigenvalue weighted by molar-refractivity contribution is -0.117. The number of amides is 1. The van der Waals surface area contributed by atoms with Crippen molar-refractivity contribution in [2.45, 2.75) is 38.1 Å². The number of hydrogen-bond donors (Lipinski definition) is 2. The normalized spacial score (nSPS) is 21.5. The molecule has 2 atom stereocenters. The third-order valence-electron chi connectivity index (χ3n) is 4.28. The minimum Gasteiger partial charge on any atom is -0.444 e. The predicted molar refractivity (Wildman–Crippen MR) is 85.1 cm³/mol. The van der Waals surface area contributed by atoms with Gasteiger partial charge in [-0.3, -0.25) is 4.79 Å². The van der Waals surface area contributed by atoms with Crippen molar-refractivity contribution in [1.29, 1.82) is 0 Å². The number of nitrogens with two attached hydrogens (primary N) is 1. The number of aromatic nitrogens is 1. The van der Waals surface area contributed by atoms with Crippen molar-refractivity contribution in [2.24, 2.45) is 11.7 Å². The van der Waals surface area contributed by atoms with Crippen LogP contribution in [0.1, 0.15) is 32.1 Å². The van der Waals surface area contributed by atoms with Gasteiger partial charge in [0.05, 0.1) is 6.20 Å². The first-order valence-corrected chi connectivity index (χ1v) is 7.77. The smallest absolute Gasteiger partial charge is 0.224 e. The topological polar surface area (TPSA) is 81.2 Å². The first-order valence-electron chi connectivity index (χ1n) is 7.77. The van der Waals surface area contributed by atoms with E-state index in [9.17, 15) is 4.79 Å². The highest BCUT2D eigenvalue weighted by atomic mass is 16.3. The Morgan fingerprint density at radius 1 is 1.36 bits per heavy atom. The number of rotatable bonds is 4. The van der Waals surface area contributed by atoms with Gasteiger partial charge >= 0.3 is 0 Å². The molecule has 3 rings (SSSR count). The van der Waals surface area contributed by atoms with Crippen molar-refractivity contribution in [3.05, 3.63) is 36.9 Å². The second kappa shape index (κ2) is 6.75. The molecule has 3 N–H and O–H groups in total. The van der Waals surface area contributed by atoms with Gasteiger partial charge in [0.15, 0.2) is 12.2 Å². The summed E-state index contributed by atoms with van der Waals surface area (Å²) in [5.74, 6) is 1.01. The molecule has 0 radical (unpaired) electrons. The van der Waals surface area contributed by atoms with Crippen molar-refractivity contribution in [3.63, 3.8) is 0 Å². The van der Waals surface area contributed by atoms with E-state index < -0.39 is 0 Å². The van der Waals surface area contributed by atoms with E-state index in [1.807, 2.05) is 24.3 Å². The summed E-state index contributed by atoms with van der Waals surface area (Å²) in [7, 11) is 0. The number of oxazole rings is 1. The molecule has 1 saturated carbocycles. The van der Waals surface area contributed by atoms with E-state index in [1.54, 1.807) is 6.20 Å². The minimum atomic E-state index is 0.0251. The molecule has 0 saturated heterocycles. The number of nitrogens with zero attached hydrogens (tertiary/aromatic N) is 1. The van der Waals surface area contributed by atoms with Crippen molar-refractivity contribution in [3.8, 4) is 11.3 Å². The summed E-state index contributed by atoms with van der Waals surface area (Å²) >= 11 is 0. The maximum absolute atomic E-state index is 12.2. The van der Waals surface area contributed by atoms with Gasteiger partial charge in [0.25, 0.3) is 0 Å². The lowest BCUT2D eigenvalue weighted by Crippen LogP contribution is -2.35. The summed E-state index contributed by atoms with van der Waals surface area (Å²) in [6.07, 6.45) is 7.97. The van der Waals surface area contributed by atoms with E-state index in [0.717, 1.165) is 24.1 Å². The molecule has 116 valence electrons. The monoisotopic (exact) mass is 299 g/mol. The molecule has 1 heterocycles. The van der Waals surface area contributed by atoms with Gasteiger partial charge in [-0.05, 0) is 30.9 Å². The highest BCUT2D eigenvalue weighted by molar-refractivity contribution is 5.91. The Bertz CT molecular complexity index is 625.